The maximum absolute atomic E-state index is 12.2. The molecule has 1 aromatic heterocycles. The van der Waals surface area contributed by atoms with Crippen LogP contribution in [0.3, 0.4) is 0 Å². The Bertz CT molecular complexity index is 619. The molecule has 4 nitrogen and oxygen atoms in total. The quantitative estimate of drug-likeness (QED) is 0.894. The molecular weight excluding hydrogens is 330 g/mol. The lowest BCUT2D eigenvalue weighted by atomic mass is 10.1. The zero-order chi connectivity index (χ0) is 13.8. The van der Waals surface area contributed by atoms with Crippen molar-refractivity contribution < 1.29 is 4.79 Å². The summed E-state index contributed by atoms with van der Waals surface area (Å²) in [5, 5.41) is 6.28. The number of aromatic nitrogens is 1. The van der Waals surface area contributed by atoms with E-state index in [1.165, 1.54) is 0 Å². The lowest BCUT2D eigenvalue weighted by molar-refractivity contribution is 0.102. The van der Waals surface area contributed by atoms with Crippen molar-refractivity contribution in [1.29, 1.82) is 0 Å². The van der Waals surface area contributed by atoms with Crippen molar-refractivity contribution in [3.05, 3.63) is 51.7 Å². The van der Waals surface area contributed by atoms with Gasteiger partial charge in [0.05, 0.1) is 15.7 Å². The van der Waals surface area contributed by atoms with Crippen LogP contribution in [0.1, 0.15) is 10.4 Å². The molecule has 0 atom stereocenters. The number of halogens is 2. The smallest absolute Gasteiger partial charge is 0.257 e. The monoisotopic (exact) mass is 339 g/mol. The highest BCUT2D eigenvalue weighted by Gasteiger charge is 2.12. The highest BCUT2D eigenvalue weighted by molar-refractivity contribution is 9.10. The topological polar surface area (TPSA) is 54.0 Å². The molecular formula is C13H11BrClN3O. The Hall–Kier alpha value is -1.59. The van der Waals surface area contributed by atoms with Crippen LogP contribution in [-0.2, 0) is 0 Å². The summed E-state index contributed by atoms with van der Waals surface area (Å²) in [5.41, 5.74) is 1.85. The second-order valence-corrected chi connectivity index (χ2v) is 5.04. The van der Waals surface area contributed by atoms with E-state index in [1.54, 1.807) is 43.7 Å². The average Bonchev–Trinajstić information content (AvgIpc) is 2.41. The van der Waals surface area contributed by atoms with Gasteiger partial charge >= 0.3 is 0 Å². The van der Waals surface area contributed by atoms with E-state index < -0.39 is 0 Å². The number of hydrogen-bond acceptors (Lipinski definition) is 3. The van der Waals surface area contributed by atoms with Crippen LogP contribution in [-0.4, -0.2) is 17.9 Å². The molecule has 0 aliphatic heterocycles. The molecule has 0 unspecified atom stereocenters. The summed E-state index contributed by atoms with van der Waals surface area (Å²) >= 11 is 9.25. The highest BCUT2D eigenvalue weighted by Crippen LogP contribution is 2.24. The van der Waals surface area contributed by atoms with Gasteiger partial charge < -0.3 is 10.6 Å². The molecule has 1 heterocycles. The number of hydrogen-bond donors (Lipinski definition) is 2. The molecule has 2 aromatic rings. The van der Waals surface area contributed by atoms with Crippen LogP contribution in [0.25, 0.3) is 0 Å². The molecule has 0 aliphatic rings. The van der Waals surface area contributed by atoms with E-state index >= 15 is 0 Å². The van der Waals surface area contributed by atoms with Crippen LogP contribution >= 0.6 is 27.5 Å². The number of nitrogens with one attached hydrogen (secondary N) is 2. The van der Waals surface area contributed by atoms with Crippen LogP contribution < -0.4 is 10.6 Å². The number of benzene rings is 1. The molecule has 1 aromatic carbocycles. The van der Waals surface area contributed by atoms with Gasteiger partial charge in [-0.25, -0.2) is 0 Å². The van der Waals surface area contributed by atoms with E-state index in [2.05, 4.69) is 31.5 Å². The zero-order valence-electron chi connectivity index (χ0n) is 10.1. The molecule has 2 rings (SSSR count). The fourth-order valence-corrected chi connectivity index (χ4v) is 2.11. The van der Waals surface area contributed by atoms with Gasteiger partial charge in [-0.2, -0.15) is 0 Å². The van der Waals surface area contributed by atoms with Crippen LogP contribution in [0.15, 0.2) is 41.1 Å². The Morgan fingerprint density at radius 2 is 2.11 bits per heavy atom. The summed E-state index contributed by atoms with van der Waals surface area (Å²) < 4.78 is 0.719. The Morgan fingerprint density at radius 1 is 1.32 bits per heavy atom. The van der Waals surface area contributed by atoms with Crippen LogP contribution in [0.5, 0.6) is 0 Å². The van der Waals surface area contributed by atoms with Crippen molar-refractivity contribution in [2.75, 3.05) is 17.7 Å². The largest absolute Gasteiger partial charge is 0.387 e. The van der Waals surface area contributed by atoms with Crippen molar-refractivity contribution in [3.63, 3.8) is 0 Å². The van der Waals surface area contributed by atoms with Crippen molar-refractivity contribution in [1.82, 2.24) is 4.98 Å². The second-order valence-electron chi connectivity index (χ2n) is 3.75. The molecule has 0 spiro atoms. The van der Waals surface area contributed by atoms with Gasteiger partial charge in [-0.05, 0) is 40.2 Å². The fourth-order valence-electron chi connectivity index (χ4n) is 1.59. The normalized spacial score (nSPS) is 10.1. The van der Waals surface area contributed by atoms with Crippen LogP contribution in [0, 0.1) is 0 Å². The summed E-state index contributed by atoms with van der Waals surface area (Å²) in [5.74, 6) is -0.237. The summed E-state index contributed by atoms with van der Waals surface area (Å²) in [6, 6.07) is 6.83. The predicted octanol–water partition coefficient (Wildman–Crippen LogP) is 3.79. The zero-order valence-corrected chi connectivity index (χ0v) is 12.4. The molecule has 0 saturated heterocycles. The molecule has 0 bridgehead atoms. The molecule has 2 N–H and O–H groups in total. The maximum atomic E-state index is 12.2. The number of amides is 1. The molecule has 6 heteroatoms. The van der Waals surface area contributed by atoms with E-state index in [-0.39, 0.29) is 5.91 Å². The molecule has 0 fully saturated rings. The first-order valence-electron chi connectivity index (χ1n) is 5.50. The van der Waals surface area contributed by atoms with E-state index in [4.69, 9.17) is 11.6 Å². The first-order valence-corrected chi connectivity index (χ1v) is 6.67. The number of pyridine rings is 1. The van der Waals surface area contributed by atoms with Crippen molar-refractivity contribution in [2.24, 2.45) is 0 Å². The van der Waals surface area contributed by atoms with E-state index in [9.17, 15) is 4.79 Å². The third-order valence-corrected chi connectivity index (χ3v) is 3.38. The van der Waals surface area contributed by atoms with Crippen molar-refractivity contribution in [2.45, 2.75) is 0 Å². The van der Waals surface area contributed by atoms with Gasteiger partial charge in [0.25, 0.3) is 5.91 Å². The third-order valence-electron chi connectivity index (χ3n) is 2.52. The lowest BCUT2D eigenvalue weighted by Gasteiger charge is -2.11. The number of nitrogens with zero attached hydrogens (tertiary/aromatic N) is 1. The van der Waals surface area contributed by atoms with Gasteiger partial charge in [-0.1, -0.05) is 11.6 Å². The maximum Gasteiger partial charge on any atom is 0.257 e. The van der Waals surface area contributed by atoms with Gasteiger partial charge in [0.1, 0.15) is 0 Å². The molecule has 0 saturated carbocycles. The fraction of sp³-hybridized carbons (Fsp3) is 0.0769. The number of carbonyl (C=O) groups excluding carboxylic acids is 1. The standard InChI is InChI=1S/C13H11BrClN3O/c1-16-11-3-2-8(15)6-9(11)13(19)18-12-4-5-17-7-10(12)14/h2-7,16H,1H3,(H,17,18,19). The average molecular weight is 341 g/mol. The first kappa shape index (κ1) is 13.8. The van der Waals surface area contributed by atoms with Crippen molar-refractivity contribution >= 4 is 44.8 Å². The van der Waals surface area contributed by atoms with Crippen LogP contribution in [0.4, 0.5) is 11.4 Å². The number of rotatable bonds is 3. The first-order chi connectivity index (χ1) is 9.11. The van der Waals surface area contributed by atoms with Gasteiger partial charge in [0, 0.05) is 30.2 Å². The molecule has 0 aliphatic carbocycles. The minimum Gasteiger partial charge on any atom is -0.387 e. The number of carbonyl (C=O) groups is 1. The molecule has 0 radical (unpaired) electrons. The number of anilines is 2. The van der Waals surface area contributed by atoms with E-state index in [0.717, 1.165) is 4.47 Å². The van der Waals surface area contributed by atoms with Crippen molar-refractivity contribution in [3.8, 4) is 0 Å². The minimum absolute atomic E-state index is 0.237. The Morgan fingerprint density at radius 3 is 2.79 bits per heavy atom. The molecule has 98 valence electrons. The SMILES string of the molecule is CNc1ccc(Cl)cc1C(=O)Nc1ccncc1Br. The van der Waals surface area contributed by atoms with Crippen LogP contribution in [0.2, 0.25) is 5.02 Å². The highest BCUT2D eigenvalue weighted by atomic mass is 79.9. The third kappa shape index (κ3) is 3.24. The Kier molecular flexibility index (Phi) is 4.39. The van der Waals surface area contributed by atoms with Gasteiger partial charge in [0.2, 0.25) is 0 Å². The van der Waals surface area contributed by atoms with Gasteiger partial charge in [-0.3, -0.25) is 9.78 Å². The summed E-state index contributed by atoms with van der Waals surface area (Å²) in [4.78, 5) is 16.2. The Balaban J connectivity index is 2.30. The Labute approximate surface area is 124 Å². The van der Waals surface area contributed by atoms with Gasteiger partial charge in [0.15, 0.2) is 0 Å². The lowest BCUT2D eigenvalue weighted by Crippen LogP contribution is -2.14. The van der Waals surface area contributed by atoms with E-state index in [1.807, 2.05) is 0 Å². The summed E-state index contributed by atoms with van der Waals surface area (Å²) in [6.07, 6.45) is 3.23. The minimum atomic E-state index is -0.237. The second kappa shape index (κ2) is 6.04. The van der Waals surface area contributed by atoms with E-state index in [0.29, 0.717) is 22.0 Å². The summed E-state index contributed by atoms with van der Waals surface area (Å²) in [6.45, 7) is 0. The molecule has 1 amide bonds. The van der Waals surface area contributed by atoms with Gasteiger partial charge in [-0.15, -0.1) is 0 Å². The summed E-state index contributed by atoms with van der Waals surface area (Å²) in [7, 11) is 1.75. The predicted molar refractivity (Wildman–Crippen MR) is 80.9 cm³/mol. The molecule has 19 heavy (non-hydrogen) atoms.